The lowest BCUT2D eigenvalue weighted by molar-refractivity contribution is -0.129. The van der Waals surface area contributed by atoms with Gasteiger partial charge in [0, 0.05) is 33.7 Å². The van der Waals surface area contributed by atoms with Crippen molar-refractivity contribution in [1.29, 1.82) is 0 Å². The summed E-state index contributed by atoms with van der Waals surface area (Å²) in [5, 5.41) is 14.3. The molecule has 0 spiro atoms. The van der Waals surface area contributed by atoms with E-state index in [1.54, 1.807) is 34.9 Å². The molecule has 2 aliphatic rings. The van der Waals surface area contributed by atoms with Crippen molar-refractivity contribution in [3.8, 4) is 0 Å². The minimum Gasteiger partial charge on any atom is -0.392 e. The number of halogens is 1. The van der Waals surface area contributed by atoms with Crippen molar-refractivity contribution in [2.24, 2.45) is 0 Å². The molecular weight excluding hydrogens is 526 g/mol. The van der Waals surface area contributed by atoms with Crippen LogP contribution in [0.1, 0.15) is 91.4 Å². The molecule has 0 unspecified atom stereocenters. The Balaban J connectivity index is 1.50. The van der Waals surface area contributed by atoms with Crippen LogP contribution in [0.3, 0.4) is 0 Å². The van der Waals surface area contributed by atoms with Crippen molar-refractivity contribution >= 4 is 40.3 Å². The Labute approximate surface area is 240 Å². The van der Waals surface area contributed by atoms with E-state index in [1.165, 1.54) is 11.3 Å². The number of amides is 3. The normalized spacial score (nSPS) is 16.7. The third-order valence-electron chi connectivity index (χ3n) is 8.56. The molecule has 7 nitrogen and oxygen atoms in total. The molecule has 1 heterocycles. The Hall–Kier alpha value is -3.16. The Morgan fingerprint density at radius 2 is 1.60 bits per heavy atom. The lowest BCUT2D eigenvalue weighted by Gasteiger charge is -2.34. The number of aliphatic hydroxyl groups excluding tert-OH is 1. The highest BCUT2D eigenvalue weighted by Gasteiger charge is 2.33. The highest BCUT2D eigenvalue weighted by Crippen LogP contribution is 2.31. The van der Waals surface area contributed by atoms with Gasteiger partial charge in [0.05, 0.1) is 18.5 Å². The van der Waals surface area contributed by atoms with E-state index in [0.717, 1.165) is 63.2 Å². The zero-order chi connectivity index (χ0) is 28.2. The smallest absolute Gasteiger partial charge is 0.324 e. The summed E-state index contributed by atoms with van der Waals surface area (Å²) >= 11 is 6.05. The molecule has 1 aromatic heterocycles. The summed E-state index contributed by atoms with van der Waals surface area (Å²) in [4.78, 5) is 42.8. The molecule has 5 rings (SSSR count). The number of aromatic nitrogens is 1. The maximum atomic E-state index is 14.0. The molecular formula is C32H38ClN3O4. The van der Waals surface area contributed by atoms with Gasteiger partial charge in [-0.3, -0.25) is 19.1 Å². The summed E-state index contributed by atoms with van der Waals surface area (Å²) in [6.07, 6.45) is 10.0. The van der Waals surface area contributed by atoms with Crippen LogP contribution in [0.15, 0.2) is 42.5 Å². The number of fused-ring (bicyclic) bond motifs is 1. The topological polar surface area (TPSA) is 91.6 Å². The van der Waals surface area contributed by atoms with Crippen LogP contribution < -0.4 is 5.32 Å². The summed E-state index contributed by atoms with van der Waals surface area (Å²) in [5.41, 5.74) is 3.17. The average molecular weight is 564 g/mol. The van der Waals surface area contributed by atoms with Crippen LogP contribution in [0.5, 0.6) is 0 Å². The molecule has 3 amide bonds. The molecule has 0 saturated heterocycles. The average Bonchev–Trinajstić information content (AvgIpc) is 3.24. The monoisotopic (exact) mass is 563 g/mol. The maximum Gasteiger partial charge on any atom is 0.324 e. The maximum absolute atomic E-state index is 14.0. The number of hydrogen-bond donors (Lipinski definition) is 2. The van der Waals surface area contributed by atoms with E-state index in [-0.39, 0.29) is 43.0 Å². The fraction of sp³-hybridized carbons (Fsp3) is 0.469. The summed E-state index contributed by atoms with van der Waals surface area (Å²) in [7, 11) is 0. The van der Waals surface area contributed by atoms with E-state index in [2.05, 4.69) is 5.32 Å². The van der Waals surface area contributed by atoms with Gasteiger partial charge in [0.2, 0.25) is 5.91 Å². The zero-order valence-electron chi connectivity index (χ0n) is 23.1. The van der Waals surface area contributed by atoms with E-state index in [4.69, 9.17) is 11.6 Å². The van der Waals surface area contributed by atoms with Crippen molar-refractivity contribution in [2.75, 3.05) is 0 Å². The second-order valence-electron chi connectivity index (χ2n) is 11.2. The molecule has 0 radical (unpaired) electrons. The van der Waals surface area contributed by atoms with Crippen molar-refractivity contribution in [1.82, 2.24) is 14.8 Å². The Morgan fingerprint density at radius 1 is 0.950 bits per heavy atom. The van der Waals surface area contributed by atoms with Gasteiger partial charge in [-0.25, -0.2) is 4.79 Å². The molecule has 0 bridgehead atoms. The van der Waals surface area contributed by atoms with Crippen LogP contribution in [0.4, 0.5) is 4.79 Å². The van der Waals surface area contributed by atoms with Gasteiger partial charge in [0.15, 0.2) is 0 Å². The van der Waals surface area contributed by atoms with Crippen molar-refractivity contribution in [2.45, 2.75) is 96.2 Å². The quantitative estimate of drug-likeness (QED) is 0.357. The van der Waals surface area contributed by atoms with Crippen molar-refractivity contribution < 1.29 is 19.5 Å². The number of nitrogens with one attached hydrogen (secondary N) is 1. The minimum atomic E-state index is -0.293. The number of carbonyl (C=O) groups is 3. The van der Waals surface area contributed by atoms with Gasteiger partial charge in [-0.1, -0.05) is 56.2 Å². The number of hydrogen-bond acceptors (Lipinski definition) is 4. The Kier molecular flexibility index (Phi) is 8.91. The van der Waals surface area contributed by atoms with Crippen molar-refractivity contribution in [3.05, 3.63) is 69.9 Å². The van der Waals surface area contributed by atoms with E-state index in [1.807, 2.05) is 19.1 Å². The molecule has 40 heavy (non-hydrogen) atoms. The van der Waals surface area contributed by atoms with Gasteiger partial charge in [-0.15, -0.1) is 0 Å². The summed E-state index contributed by atoms with van der Waals surface area (Å²) in [6.45, 7) is 1.68. The van der Waals surface area contributed by atoms with Crippen LogP contribution >= 0.6 is 11.6 Å². The number of carbonyl (C=O) groups excluding carboxylic acids is 3. The minimum absolute atomic E-state index is 0.00724. The Morgan fingerprint density at radius 3 is 2.25 bits per heavy atom. The predicted octanol–water partition coefficient (Wildman–Crippen LogP) is 6.53. The number of urea groups is 1. The van der Waals surface area contributed by atoms with Crippen molar-refractivity contribution in [3.63, 3.8) is 0 Å². The van der Waals surface area contributed by atoms with E-state index >= 15 is 0 Å². The first kappa shape index (κ1) is 28.4. The Bertz CT molecular complexity index is 1390. The second-order valence-corrected chi connectivity index (χ2v) is 11.7. The lowest BCUT2D eigenvalue weighted by Crippen LogP contribution is -2.53. The third kappa shape index (κ3) is 5.96. The van der Waals surface area contributed by atoms with E-state index in [9.17, 15) is 19.5 Å². The van der Waals surface area contributed by atoms with E-state index in [0.29, 0.717) is 32.9 Å². The van der Waals surface area contributed by atoms with Gasteiger partial charge in [-0.05, 0) is 80.1 Å². The molecule has 212 valence electrons. The number of benzene rings is 2. The molecule has 8 heteroatoms. The van der Waals surface area contributed by atoms with Gasteiger partial charge < -0.3 is 10.4 Å². The zero-order valence-corrected chi connectivity index (χ0v) is 23.9. The summed E-state index contributed by atoms with van der Waals surface area (Å²) in [6, 6.07) is 11.8. The number of aliphatic hydroxyl groups is 1. The molecule has 3 aromatic rings. The molecule has 0 aliphatic heterocycles. The molecule has 0 atom stereocenters. The van der Waals surface area contributed by atoms with Crippen LogP contribution in [0, 0.1) is 6.92 Å². The molecule has 2 aliphatic carbocycles. The van der Waals surface area contributed by atoms with Gasteiger partial charge >= 0.3 is 6.03 Å². The number of imide groups is 1. The highest BCUT2D eigenvalue weighted by molar-refractivity contribution is 6.30. The van der Waals surface area contributed by atoms with Crippen LogP contribution in [0.25, 0.3) is 10.9 Å². The van der Waals surface area contributed by atoms with Crippen LogP contribution in [0.2, 0.25) is 5.02 Å². The standard InChI is InChI=1S/C32H38ClN3O4/c1-21-27(19-30(38)36(26-10-6-3-7-11-26)32(40)34-25-8-4-2-5-9-25)28-18-22(20-37)12-17-29(28)35(21)31(39)23-13-15-24(33)16-14-23/h12-18,25-26,37H,2-11,19-20H2,1H3,(H,34,40). The molecule has 2 saturated carbocycles. The van der Waals surface area contributed by atoms with Crippen LogP contribution in [-0.2, 0) is 17.8 Å². The molecule has 2 fully saturated rings. The lowest BCUT2D eigenvalue weighted by atomic mass is 9.93. The summed E-state index contributed by atoms with van der Waals surface area (Å²) < 4.78 is 1.62. The fourth-order valence-electron chi connectivity index (χ4n) is 6.38. The van der Waals surface area contributed by atoms with Gasteiger partial charge in [0.25, 0.3) is 5.91 Å². The van der Waals surface area contributed by atoms with Crippen LogP contribution in [-0.4, -0.2) is 44.5 Å². The predicted molar refractivity (Wildman–Crippen MR) is 157 cm³/mol. The first-order chi connectivity index (χ1) is 19.4. The first-order valence-corrected chi connectivity index (χ1v) is 14.9. The number of rotatable bonds is 6. The largest absolute Gasteiger partial charge is 0.392 e. The van der Waals surface area contributed by atoms with Gasteiger partial charge in [-0.2, -0.15) is 0 Å². The SMILES string of the molecule is Cc1c(CC(=O)N(C(=O)NC2CCCCC2)C2CCCCC2)c2cc(CO)ccc2n1C(=O)c1ccc(Cl)cc1. The van der Waals surface area contributed by atoms with Gasteiger partial charge in [0.1, 0.15) is 0 Å². The first-order valence-electron chi connectivity index (χ1n) is 14.5. The fourth-order valence-corrected chi connectivity index (χ4v) is 6.51. The third-order valence-corrected chi connectivity index (χ3v) is 8.82. The van der Waals surface area contributed by atoms with E-state index < -0.39 is 0 Å². The number of nitrogens with zero attached hydrogens (tertiary/aromatic N) is 2. The molecule has 2 aromatic carbocycles. The summed E-state index contributed by atoms with van der Waals surface area (Å²) in [5.74, 6) is -0.482. The molecule has 2 N–H and O–H groups in total. The highest BCUT2D eigenvalue weighted by atomic mass is 35.5. The second kappa shape index (κ2) is 12.6.